The van der Waals surface area contributed by atoms with E-state index >= 15 is 0 Å². The molecule has 2 aromatic carbocycles. The molecule has 2 heterocycles. The molecular formula is C63H114N2O4. The Labute approximate surface area is 429 Å². The van der Waals surface area contributed by atoms with Crippen LogP contribution >= 0.6 is 0 Å². The lowest BCUT2D eigenvalue weighted by Crippen LogP contribution is -2.34. The number of furan rings is 2. The second-order valence-electron chi connectivity index (χ2n) is 24.7. The van der Waals surface area contributed by atoms with Gasteiger partial charge < -0.3 is 19.9 Å². The molecule has 0 saturated heterocycles. The van der Waals surface area contributed by atoms with Crippen LogP contribution in [-0.4, -0.2) is 17.2 Å². The second kappa shape index (κ2) is 40.8. The van der Waals surface area contributed by atoms with Crippen LogP contribution in [0, 0.1) is 40.4 Å². The van der Waals surface area contributed by atoms with Gasteiger partial charge >= 0.3 is 0 Å². The fourth-order valence-corrected chi connectivity index (χ4v) is 5.01. The van der Waals surface area contributed by atoms with E-state index in [-0.39, 0.29) is 22.6 Å². The Balaban J connectivity index is -0.000000233. The van der Waals surface area contributed by atoms with Crippen molar-refractivity contribution in [2.24, 2.45) is 39.2 Å². The Kier molecular flexibility index (Phi) is 43.8. The first-order chi connectivity index (χ1) is 31.4. The number of aryl methyl sites for hydroxylation is 3. The maximum Gasteiger partial charge on any atom is 0.214 e. The highest BCUT2D eigenvalue weighted by Gasteiger charge is 2.17. The molecule has 4 rings (SSSR count). The molecule has 0 aliphatic carbocycles. The summed E-state index contributed by atoms with van der Waals surface area (Å²) in [5.74, 6) is 4.64. The van der Waals surface area contributed by atoms with Gasteiger partial charge in [-0.15, -0.1) is 0 Å². The van der Waals surface area contributed by atoms with Crippen molar-refractivity contribution >= 4 is 11.7 Å². The van der Waals surface area contributed by atoms with E-state index in [1.807, 2.05) is 75.4 Å². The molecule has 0 radical (unpaired) electrons. The van der Waals surface area contributed by atoms with Gasteiger partial charge in [0.15, 0.2) is 5.78 Å². The van der Waals surface area contributed by atoms with E-state index in [0.29, 0.717) is 22.7 Å². The Morgan fingerprint density at radius 3 is 1.28 bits per heavy atom. The average molecular weight is 964 g/mol. The third-order valence-electron chi connectivity index (χ3n) is 8.08. The van der Waals surface area contributed by atoms with Gasteiger partial charge in [-0.3, -0.25) is 9.59 Å². The minimum absolute atomic E-state index is 0.0763. The summed E-state index contributed by atoms with van der Waals surface area (Å²) in [6.07, 6.45) is 9.68. The molecule has 3 N–H and O–H groups in total. The molecule has 0 aliphatic heterocycles. The maximum atomic E-state index is 11.7. The molecule has 4 aromatic rings. The molecular weight excluding hydrogens is 849 g/mol. The van der Waals surface area contributed by atoms with Crippen molar-refractivity contribution in [2.75, 3.05) is 0 Å². The first-order valence-electron chi connectivity index (χ1n) is 26.1. The number of rotatable bonds is 9. The molecule has 0 saturated carbocycles. The van der Waals surface area contributed by atoms with Crippen LogP contribution in [0.2, 0.25) is 0 Å². The van der Waals surface area contributed by atoms with Gasteiger partial charge in [0.05, 0.1) is 12.8 Å². The highest BCUT2D eigenvalue weighted by atomic mass is 16.3. The van der Waals surface area contributed by atoms with Gasteiger partial charge in [0.2, 0.25) is 5.91 Å². The van der Waals surface area contributed by atoms with Gasteiger partial charge in [-0.1, -0.05) is 212 Å². The Bertz CT molecular complexity index is 1680. The van der Waals surface area contributed by atoms with Crippen LogP contribution in [0.4, 0.5) is 0 Å². The van der Waals surface area contributed by atoms with Crippen molar-refractivity contribution in [2.45, 2.75) is 237 Å². The van der Waals surface area contributed by atoms with Gasteiger partial charge in [0.1, 0.15) is 17.3 Å². The van der Waals surface area contributed by atoms with E-state index in [2.05, 4.69) is 194 Å². The van der Waals surface area contributed by atoms with Crippen molar-refractivity contribution < 1.29 is 18.4 Å². The van der Waals surface area contributed by atoms with Crippen molar-refractivity contribution in [3.63, 3.8) is 0 Å². The predicted octanol–water partition coefficient (Wildman–Crippen LogP) is 19.4. The number of amides is 1. The topological polar surface area (TPSA) is 98.5 Å². The summed E-state index contributed by atoms with van der Waals surface area (Å²) in [4.78, 5) is 20.9. The lowest BCUT2D eigenvalue weighted by atomic mass is 9.88. The number of hydrogen-bond donors (Lipinski definition) is 2. The molecule has 6 nitrogen and oxygen atoms in total. The molecule has 0 bridgehead atoms. The van der Waals surface area contributed by atoms with Crippen LogP contribution in [0.3, 0.4) is 0 Å². The van der Waals surface area contributed by atoms with E-state index < -0.39 is 0 Å². The zero-order chi connectivity index (χ0) is 55.1. The van der Waals surface area contributed by atoms with Crippen molar-refractivity contribution in [3.05, 3.63) is 120 Å². The van der Waals surface area contributed by atoms with E-state index in [9.17, 15) is 9.59 Å². The summed E-state index contributed by atoms with van der Waals surface area (Å²) in [5, 5.41) is 3.36. The van der Waals surface area contributed by atoms with E-state index in [1.165, 1.54) is 44.6 Å². The summed E-state index contributed by atoms with van der Waals surface area (Å²) >= 11 is 0. The second-order valence-corrected chi connectivity index (χ2v) is 24.7. The average Bonchev–Trinajstić information content (AvgIpc) is 3.87. The largest absolute Gasteiger partial charge is 0.469 e. The quantitative estimate of drug-likeness (QED) is 0.163. The SMILES string of the molecule is CC.CC(C)(C)CC(=O)c1ccccc1.CC(C)(C)CCc1ccccc1.CC(C)(C)CCc1ccco1.CC(C)C.CC(C)C.CC(N)=O.CCCC(C)(C)C.Cc1ccc(CNC(C)(C)C)o1. The van der Waals surface area contributed by atoms with Gasteiger partial charge in [-0.05, 0) is 117 Å². The van der Waals surface area contributed by atoms with Crippen molar-refractivity contribution in [1.29, 1.82) is 0 Å². The summed E-state index contributed by atoms with van der Waals surface area (Å²) in [6, 6.07) is 28.1. The number of primary amides is 1. The highest BCUT2D eigenvalue weighted by molar-refractivity contribution is 5.96. The third kappa shape index (κ3) is 70.8. The van der Waals surface area contributed by atoms with E-state index in [1.54, 1.807) is 6.26 Å². The number of Topliss-reactive ketones (excluding diaryl/α,β-unsaturated/α-hetero) is 1. The van der Waals surface area contributed by atoms with E-state index in [4.69, 9.17) is 8.83 Å². The highest BCUT2D eigenvalue weighted by Crippen LogP contribution is 2.23. The lowest BCUT2D eigenvalue weighted by Gasteiger charge is -2.19. The molecule has 2 aromatic heterocycles. The number of nitrogens with one attached hydrogen (secondary N) is 1. The van der Waals surface area contributed by atoms with Crippen LogP contribution in [0.1, 0.15) is 238 Å². The lowest BCUT2D eigenvalue weighted by molar-refractivity contribution is -0.115. The van der Waals surface area contributed by atoms with E-state index in [0.717, 1.165) is 47.6 Å². The Hall–Kier alpha value is -3.90. The molecule has 400 valence electrons. The number of hydrogen-bond acceptors (Lipinski definition) is 5. The smallest absolute Gasteiger partial charge is 0.214 e. The molecule has 69 heavy (non-hydrogen) atoms. The predicted molar refractivity (Wildman–Crippen MR) is 307 cm³/mol. The minimum Gasteiger partial charge on any atom is -0.469 e. The fourth-order valence-electron chi connectivity index (χ4n) is 5.01. The maximum absolute atomic E-state index is 11.7. The molecule has 0 unspecified atom stereocenters. The molecule has 0 fully saturated rings. The standard InChI is InChI=1S/C12H16O.C12H18.C10H17NO.C10H16O.C7H16.2C4H10.C2H5NO.C2H6/c1-12(2,3)9-11(13)10-7-5-4-6-8-10;1-12(2,3)10-9-11-7-5-4-6-8-11;1-8-5-6-9(12-8)7-11-10(2,3)4;1-10(2,3)7-6-9-5-4-8-11-9;1-5-6-7(2,3)4;2*1-4(2)3;1-2(3)4;1-2/h4-8H,9H2,1-3H3;4-8H,9-10H2,1-3H3;5-6,11H,7H2,1-4H3;4-5,8H,6-7H2,1-3H3;5-6H2,1-4H3;2*4H,1-3H3;1H3,(H2,3,4);1-2H3. The van der Waals surface area contributed by atoms with Crippen LogP contribution in [0.5, 0.6) is 0 Å². The third-order valence-corrected chi connectivity index (χ3v) is 8.08. The van der Waals surface area contributed by atoms with Gasteiger partial charge in [0, 0.05) is 30.9 Å². The molecule has 0 aliphatic rings. The van der Waals surface area contributed by atoms with Crippen molar-refractivity contribution in [3.8, 4) is 0 Å². The van der Waals surface area contributed by atoms with Gasteiger partial charge in [-0.2, -0.15) is 0 Å². The van der Waals surface area contributed by atoms with Crippen LogP contribution in [-0.2, 0) is 24.2 Å². The van der Waals surface area contributed by atoms with Crippen LogP contribution in [0.25, 0.3) is 0 Å². The molecule has 0 spiro atoms. The summed E-state index contributed by atoms with van der Waals surface area (Å²) in [5.41, 5.74) is 8.38. The van der Waals surface area contributed by atoms with Gasteiger partial charge in [0.25, 0.3) is 0 Å². The normalized spacial score (nSPS) is 10.8. The number of benzene rings is 2. The summed E-state index contributed by atoms with van der Waals surface area (Å²) in [7, 11) is 0. The number of carbonyl (C=O) groups excluding carboxylic acids is 2. The molecule has 6 heteroatoms. The monoisotopic (exact) mass is 963 g/mol. The van der Waals surface area contributed by atoms with Crippen molar-refractivity contribution in [1.82, 2.24) is 5.32 Å². The van der Waals surface area contributed by atoms with Crippen LogP contribution < -0.4 is 11.1 Å². The number of nitrogens with two attached hydrogens (primary N) is 1. The number of ketones is 1. The fraction of sp³-hybridized carbons (Fsp3) is 0.651. The zero-order valence-corrected chi connectivity index (χ0v) is 50.2. The minimum atomic E-state index is -0.333. The summed E-state index contributed by atoms with van der Waals surface area (Å²) < 4.78 is 10.6. The first-order valence-corrected chi connectivity index (χ1v) is 26.1. The Morgan fingerprint density at radius 2 is 0.971 bits per heavy atom. The Morgan fingerprint density at radius 1 is 0.565 bits per heavy atom. The summed E-state index contributed by atoms with van der Waals surface area (Å²) in [6.45, 7) is 56.4. The van der Waals surface area contributed by atoms with Gasteiger partial charge in [-0.25, -0.2) is 0 Å². The zero-order valence-electron chi connectivity index (χ0n) is 50.2. The molecule has 1 amide bonds. The van der Waals surface area contributed by atoms with Crippen LogP contribution in [0.15, 0.2) is 100 Å². The molecule has 0 atom stereocenters. The number of carbonyl (C=O) groups is 2. The first kappa shape index (κ1) is 74.1.